The molecular weight excluding hydrogens is 536 g/mol. The average molecular weight is 569 g/mol. The molecule has 2 atom stereocenters. The van der Waals surface area contributed by atoms with E-state index in [2.05, 4.69) is 5.48 Å². The first-order valence-corrected chi connectivity index (χ1v) is 14.3. The average Bonchev–Trinajstić information content (AvgIpc) is 3.84. The van der Waals surface area contributed by atoms with Crippen LogP contribution < -0.4 is 16.0 Å². The molecule has 0 heterocycles. The summed E-state index contributed by atoms with van der Waals surface area (Å²) in [6.45, 7) is 0.381. The van der Waals surface area contributed by atoms with Crippen molar-refractivity contribution in [1.82, 2.24) is 5.48 Å². The molecule has 0 aromatic heterocycles. The summed E-state index contributed by atoms with van der Waals surface area (Å²) in [7, 11) is 0. The summed E-state index contributed by atoms with van der Waals surface area (Å²) in [5, 5.41) is 0. The van der Waals surface area contributed by atoms with Gasteiger partial charge in [-0.25, -0.2) is 5.48 Å². The van der Waals surface area contributed by atoms with E-state index in [-0.39, 0.29) is 6.42 Å². The van der Waals surface area contributed by atoms with Gasteiger partial charge in [0.1, 0.15) is 12.4 Å². The number of rotatable bonds is 11. The molecule has 0 saturated heterocycles. The maximum absolute atomic E-state index is 13.8. The Balaban J connectivity index is 1.28. The predicted octanol–water partition coefficient (Wildman–Crippen LogP) is 6.05. The molecule has 6 rings (SSSR count). The number of carbonyl (C=O) groups is 2. The maximum atomic E-state index is 13.8. The Hall–Kier alpha value is -5.20. The van der Waals surface area contributed by atoms with Gasteiger partial charge in [0, 0.05) is 0 Å². The van der Waals surface area contributed by atoms with Crippen molar-refractivity contribution in [3.63, 3.8) is 0 Å². The minimum Gasteiger partial charge on any atom is -0.489 e. The van der Waals surface area contributed by atoms with Crippen LogP contribution in [0.15, 0.2) is 146 Å². The molecule has 0 bridgehead atoms. The Morgan fingerprint density at radius 1 is 0.721 bits per heavy atom. The zero-order chi connectivity index (χ0) is 29.7. The maximum Gasteiger partial charge on any atom is 0.248 e. The molecule has 2 amide bonds. The van der Waals surface area contributed by atoms with Gasteiger partial charge in [-0.05, 0) is 46.4 Å². The van der Waals surface area contributed by atoms with Crippen molar-refractivity contribution in [2.24, 2.45) is 11.7 Å². The molecule has 0 spiro atoms. The first-order valence-electron chi connectivity index (χ1n) is 14.3. The van der Waals surface area contributed by atoms with E-state index in [0.29, 0.717) is 17.9 Å². The number of carbonyl (C=O) groups excluding carboxylic acids is 2. The number of nitrogens with one attached hydrogen (secondary N) is 1. The zero-order valence-corrected chi connectivity index (χ0v) is 23.6. The topological polar surface area (TPSA) is 90.7 Å². The van der Waals surface area contributed by atoms with Crippen molar-refractivity contribution in [2.45, 2.75) is 24.0 Å². The summed E-state index contributed by atoms with van der Waals surface area (Å²) < 4.78 is 5.99. The van der Waals surface area contributed by atoms with Gasteiger partial charge in [0.25, 0.3) is 0 Å². The van der Waals surface area contributed by atoms with Crippen molar-refractivity contribution in [3.8, 4) is 5.75 Å². The molecule has 1 aliphatic rings. The van der Waals surface area contributed by atoms with Gasteiger partial charge in [-0.2, -0.15) is 0 Å². The number of hydroxylamine groups is 1. The third kappa shape index (κ3) is 5.41. The molecule has 43 heavy (non-hydrogen) atoms. The van der Waals surface area contributed by atoms with Gasteiger partial charge in [0.15, 0.2) is 5.60 Å². The summed E-state index contributed by atoms with van der Waals surface area (Å²) in [5.41, 5.74) is 10.6. The normalized spacial score (nSPS) is 17.5. The smallest absolute Gasteiger partial charge is 0.248 e. The highest BCUT2D eigenvalue weighted by molar-refractivity contribution is 5.99. The van der Waals surface area contributed by atoms with Gasteiger partial charge < -0.3 is 10.5 Å². The molecule has 6 nitrogen and oxygen atoms in total. The van der Waals surface area contributed by atoms with Crippen molar-refractivity contribution in [2.75, 3.05) is 0 Å². The third-order valence-corrected chi connectivity index (χ3v) is 8.16. The first-order chi connectivity index (χ1) is 21.0. The van der Waals surface area contributed by atoms with Gasteiger partial charge in [0.2, 0.25) is 11.8 Å². The highest BCUT2D eigenvalue weighted by Gasteiger charge is 2.64. The second-order valence-corrected chi connectivity index (χ2v) is 10.7. The molecule has 3 N–H and O–H groups in total. The third-order valence-electron chi connectivity index (χ3n) is 8.16. The number of hydrogen-bond donors (Lipinski definition) is 2. The number of hydrogen-bond acceptors (Lipinski definition) is 4. The minimum absolute atomic E-state index is 0.272. The minimum atomic E-state index is -1.16. The highest BCUT2D eigenvalue weighted by atomic mass is 16.7. The molecule has 1 aliphatic carbocycles. The fraction of sp³-hybridized carbons (Fsp3) is 0.135. The van der Waals surface area contributed by atoms with E-state index in [0.717, 1.165) is 22.3 Å². The Morgan fingerprint density at radius 2 is 1.23 bits per heavy atom. The van der Waals surface area contributed by atoms with Crippen LogP contribution in [0.2, 0.25) is 0 Å². The van der Waals surface area contributed by atoms with Crippen molar-refractivity contribution < 1.29 is 19.2 Å². The van der Waals surface area contributed by atoms with Gasteiger partial charge >= 0.3 is 0 Å². The second kappa shape index (κ2) is 12.0. The lowest BCUT2D eigenvalue weighted by molar-refractivity contribution is -0.146. The number of benzene rings is 5. The molecule has 0 aliphatic heterocycles. The first kappa shape index (κ1) is 27.9. The highest BCUT2D eigenvalue weighted by Crippen LogP contribution is 2.55. The lowest BCUT2D eigenvalue weighted by atomic mass is 9.80. The van der Waals surface area contributed by atoms with E-state index in [1.807, 2.05) is 140 Å². The summed E-state index contributed by atoms with van der Waals surface area (Å²) in [6, 6.07) is 46.3. The molecular formula is C37H32N2O4. The second-order valence-electron chi connectivity index (χ2n) is 10.7. The van der Waals surface area contributed by atoms with Crippen molar-refractivity contribution in [3.05, 3.63) is 173 Å². The van der Waals surface area contributed by atoms with Crippen molar-refractivity contribution in [1.29, 1.82) is 0 Å². The predicted molar refractivity (Wildman–Crippen MR) is 165 cm³/mol. The van der Waals surface area contributed by atoms with Crippen LogP contribution in [0.5, 0.6) is 5.75 Å². The van der Waals surface area contributed by atoms with Crippen LogP contribution >= 0.6 is 0 Å². The van der Waals surface area contributed by atoms with E-state index >= 15 is 0 Å². The molecule has 6 heteroatoms. The lowest BCUT2D eigenvalue weighted by Crippen LogP contribution is -2.42. The molecule has 5 aromatic carbocycles. The van der Waals surface area contributed by atoms with Gasteiger partial charge in [-0.1, -0.05) is 133 Å². The number of primary amides is 1. The van der Waals surface area contributed by atoms with Gasteiger partial charge in [-0.3, -0.25) is 14.4 Å². The van der Waals surface area contributed by atoms with Crippen LogP contribution in [0.25, 0.3) is 0 Å². The monoisotopic (exact) mass is 568 g/mol. The van der Waals surface area contributed by atoms with Crippen LogP contribution in [-0.2, 0) is 32.0 Å². The quantitative estimate of drug-likeness (QED) is 0.150. The number of nitrogens with two attached hydrogens (primary N) is 1. The largest absolute Gasteiger partial charge is 0.489 e. The number of ether oxygens (including phenoxy) is 1. The van der Waals surface area contributed by atoms with E-state index in [1.54, 1.807) is 6.07 Å². The van der Waals surface area contributed by atoms with Crippen LogP contribution in [0.1, 0.15) is 34.2 Å². The van der Waals surface area contributed by atoms with Crippen molar-refractivity contribution >= 4 is 11.8 Å². The lowest BCUT2D eigenvalue weighted by Gasteiger charge is -2.35. The standard InChI is InChI=1S/C37H32N2O4/c38-35(41)36(31-22-13-23-32(24-31)42-26-27-14-5-1-6-15-27)25-33(36)34(40)39-43-37(28-16-7-2-8-17-28,29-18-9-3-10-19-29)30-20-11-4-12-21-30/h1-24,33H,25-26H2,(H2,38,41)(H,39,40)/t33?,36-/m1/s1. The molecule has 214 valence electrons. The Labute approximate surface area is 251 Å². The fourth-order valence-electron chi connectivity index (χ4n) is 5.81. The van der Waals surface area contributed by atoms with E-state index in [1.165, 1.54) is 0 Å². The summed E-state index contributed by atoms with van der Waals surface area (Å²) in [4.78, 5) is 33.2. The SMILES string of the molecule is NC(=O)[C@@]1(c2cccc(OCc3ccccc3)c2)CC1C(=O)NOC(c1ccccc1)(c1ccccc1)c1ccccc1. The Kier molecular flexibility index (Phi) is 7.77. The van der Waals surface area contributed by atoms with Crippen LogP contribution in [-0.4, -0.2) is 11.8 Å². The summed E-state index contributed by atoms with van der Waals surface area (Å²) >= 11 is 0. The number of amides is 2. The Morgan fingerprint density at radius 3 is 1.74 bits per heavy atom. The zero-order valence-electron chi connectivity index (χ0n) is 23.6. The molecule has 0 radical (unpaired) electrons. The molecule has 1 unspecified atom stereocenters. The van der Waals surface area contributed by atoms with Gasteiger partial charge in [0.05, 0.1) is 11.3 Å². The summed E-state index contributed by atoms with van der Waals surface area (Å²) in [5.74, 6) is -1.08. The van der Waals surface area contributed by atoms with E-state index in [4.69, 9.17) is 15.3 Å². The molecule has 5 aromatic rings. The van der Waals surface area contributed by atoms with E-state index in [9.17, 15) is 9.59 Å². The molecule has 1 fully saturated rings. The molecule has 1 saturated carbocycles. The van der Waals surface area contributed by atoms with Crippen LogP contribution in [0.3, 0.4) is 0 Å². The van der Waals surface area contributed by atoms with Gasteiger partial charge in [-0.15, -0.1) is 0 Å². The Bertz CT molecular complexity index is 1600. The van der Waals surface area contributed by atoms with Crippen LogP contribution in [0.4, 0.5) is 0 Å². The van der Waals surface area contributed by atoms with E-state index < -0.39 is 28.7 Å². The van der Waals surface area contributed by atoms with Crippen LogP contribution in [0, 0.1) is 5.92 Å². The fourth-order valence-corrected chi connectivity index (χ4v) is 5.81. The summed E-state index contributed by atoms with van der Waals surface area (Å²) in [6.07, 6.45) is 0.272.